The van der Waals surface area contributed by atoms with E-state index in [0.29, 0.717) is 30.5 Å². The Bertz CT molecular complexity index is 512. The topological polar surface area (TPSA) is 100.0 Å². The van der Waals surface area contributed by atoms with Gasteiger partial charge in [-0.3, -0.25) is 0 Å². The summed E-state index contributed by atoms with van der Waals surface area (Å²) in [5.74, 6) is 0.755. The molecule has 0 saturated carbocycles. The molecule has 1 unspecified atom stereocenters. The zero-order valence-corrected chi connectivity index (χ0v) is 11.0. The summed E-state index contributed by atoms with van der Waals surface area (Å²) in [6.45, 7) is 4.84. The molecule has 1 atom stereocenters. The van der Waals surface area contributed by atoms with Crippen LogP contribution in [-0.4, -0.2) is 33.3 Å². The highest BCUT2D eigenvalue weighted by Crippen LogP contribution is 2.20. The lowest BCUT2D eigenvalue weighted by molar-refractivity contribution is 0.0867. The first-order valence-corrected chi connectivity index (χ1v) is 6.09. The summed E-state index contributed by atoms with van der Waals surface area (Å²) in [7, 11) is 0. The fourth-order valence-corrected chi connectivity index (χ4v) is 1.48. The van der Waals surface area contributed by atoms with Crippen molar-refractivity contribution in [2.75, 3.05) is 13.2 Å². The lowest BCUT2D eigenvalue weighted by Gasteiger charge is -2.19. The molecule has 2 heterocycles. The first kappa shape index (κ1) is 13.6. The van der Waals surface area contributed by atoms with E-state index in [-0.39, 0.29) is 0 Å². The van der Waals surface area contributed by atoms with Crippen molar-refractivity contribution in [3.8, 4) is 11.5 Å². The molecule has 0 bridgehead atoms. The molecule has 0 aromatic carbocycles. The van der Waals surface area contributed by atoms with Crippen molar-refractivity contribution in [1.29, 1.82) is 0 Å². The standard InChI is InChI=1S/C12H17N5O2/c1-3-4-18-7-12(2,13)11-16-10(19-17-11)9-5-14-8-15-6-9/h5-6,8H,3-4,7,13H2,1-2H3. The number of hydrogen-bond acceptors (Lipinski definition) is 7. The van der Waals surface area contributed by atoms with Crippen molar-refractivity contribution in [3.63, 3.8) is 0 Å². The van der Waals surface area contributed by atoms with E-state index in [1.165, 1.54) is 6.33 Å². The number of hydrogen-bond donors (Lipinski definition) is 1. The van der Waals surface area contributed by atoms with E-state index in [2.05, 4.69) is 20.1 Å². The number of ether oxygens (including phenoxy) is 1. The minimum absolute atomic E-state index is 0.338. The molecule has 0 radical (unpaired) electrons. The molecule has 7 heteroatoms. The third kappa shape index (κ3) is 3.33. The predicted molar refractivity (Wildman–Crippen MR) is 68.0 cm³/mol. The Morgan fingerprint density at radius 1 is 1.37 bits per heavy atom. The summed E-state index contributed by atoms with van der Waals surface area (Å²) < 4.78 is 10.6. The van der Waals surface area contributed by atoms with Crippen molar-refractivity contribution in [1.82, 2.24) is 20.1 Å². The zero-order valence-electron chi connectivity index (χ0n) is 11.0. The fraction of sp³-hybridized carbons (Fsp3) is 0.500. The highest BCUT2D eigenvalue weighted by Gasteiger charge is 2.28. The molecule has 102 valence electrons. The van der Waals surface area contributed by atoms with Crippen molar-refractivity contribution in [3.05, 3.63) is 24.5 Å². The molecule has 0 aliphatic heterocycles. The monoisotopic (exact) mass is 263 g/mol. The second kappa shape index (κ2) is 5.85. The molecule has 0 amide bonds. The van der Waals surface area contributed by atoms with Crippen LogP contribution >= 0.6 is 0 Å². The zero-order chi connectivity index (χ0) is 13.7. The van der Waals surface area contributed by atoms with Gasteiger partial charge in [0.1, 0.15) is 11.9 Å². The predicted octanol–water partition coefficient (Wildman–Crippen LogP) is 1.13. The van der Waals surface area contributed by atoms with Crippen LogP contribution in [-0.2, 0) is 10.3 Å². The second-order valence-corrected chi connectivity index (χ2v) is 4.52. The van der Waals surface area contributed by atoms with Gasteiger partial charge in [0, 0.05) is 19.0 Å². The summed E-state index contributed by atoms with van der Waals surface area (Å²) in [6.07, 6.45) is 5.58. The van der Waals surface area contributed by atoms with Crippen LogP contribution in [0.4, 0.5) is 0 Å². The smallest absolute Gasteiger partial charge is 0.261 e. The van der Waals surface area contributed by atoms with Crippen LogP contribution in [0, 0.1) is 0 Å². The van der Waals surface area contributed by atoms with Crippen LogP contribution in [0.2, 0.25) is 0 Å². The van der Waals surface area contributed by atoms with Crippen LogP contribution in [0.5, 0.6) is 0 Å². The molecule has 0 spiro atoms. The molecule has 0 aliphatic carbocycles. The van der Waals surface area contributed by atoms with Crippen molar-refractivity contribution < 1.29 is 9.26 Å². The maximum absolute atomic E-state index is 6.13. The minimum Gasteiger partial charge on any atom is -0.379 e. The second-order valence-electron chi connectivity index (χ2n) is 4.52. The molecule has 0 aliphatic rings. The van der Waals surface area contributed by atoms with Gasteiger partial charge >= 0.3 is 0 Å². The summed E-state index contributed by atoms with van der Waals surface area (Å²) >= 11 is 0. The average molecular weight is 263 g/mol. The van der Waals surface area contributed by atoms with Crippen LogP contribution in [0.25, 0.3) is 11.5 Å². The maximum Gasteiger partial charge on any atom is 0.261 e. The third-order valence-corrected chi connectivity index (χ3v) is 2.49. The van der Waals surface area contributed by atoms with Crippen LogP contribution in [0.15, 0.2) is 23.2 Å². The molecule has 2 N–H and O–H groups in total. The Balaban J connectivity index is 2.12. The highest BCUT2D eigenvalue weighted by atomic mass is 16.5. The van der Waals surface area contributed by atoms with E-state index in [1.54, 1.807) is 19.3 Å². The van der Waals surface area contributed by atoms with E-state index in [0.717, 1.165) is 6.42 Å². The Morgan fingerprint density at radius 3 is 2.79 bits per heavy atom. The van der Waals surface area contributed by atoms with E-state index < -0.39 is 5.54 Å². The molecule has 2 aromatic heterocycles. The molecular formula is C12H17N5O2. The fourth-order valence-electron chi connectivity index (χ4n) is 1.48. The van der Waals surface area contributed by atoms with Gasteiger partial charge in [-0.1, -0.05) is 12.1 Å². The van der Waals surface area contributed by atoms with E-state index in [4.69, 9.17) is 15.0 Å². The molecule has 2 rings (SSSR count). The Kier molecular flexibility index (Phi) is 4.18. The largest absolute Gasteiger partial charge is 0.379 e. The minimum atomic E-state index is -0.785. The number of nitrogens with zero attached hydrogens (tertiary/aromatic N) is 4. The number of nitrogens with two attached hydrogens (primary N) is 1. The summed E-state index contributed by atoms with van der Waals surface area (Å²) in [5.41, 5.74) is 6.00. The molecule has 7 nitrogen and oxygen atoms in total. The van der Waals surface area contributed by atoms with Crippen molar-refractivity contribution in [2.45, 2.75) is 25.8 Å². The quantitative estimate of drug-likeness (QED) is 0.779. The highest BCUT2D eigenvalue weighted by molar-refractivity contribution is 5.48. The lowest BCUT2D eigenvalue weighted by atomic mass is 10.1. The van der Waals surface area contributed by atoms with Crippen LogP contribution in [0.3, 0.4) is 0 Å². The van der Waals surface area contributed by atoms with Gasteiger partial charge in [-0.2, -0.15) is 4.98 Å². The molecule has 0 saturated heterocycles. The third-order valence-electron chi connectivity index (χ3n) is 2.49. The van der Waals surface area contributed by atoms with Gasteiger partial charge in [-0.15, -0.1) is 0 Å². The summed E-state index contributed by atoms with van der Waals surface area (Å²) in [5, 5.41) is 3.90. The lowest BCUT2D eigenvalue weighted by Crippen LogP contribution is -2.39. The van der Waals surface area contributed by atoms with Gasteiger partial charge in [-0.05, 0) is 13.3 Å². The van der Waals surface area contributed by atoms with Gasteiger partial charge in [0.25, 0.3) is 5.89 Å². The van der Waals surface area contributed by atoms with E-state index in [1.807, 2.05) is 6.92 Å². The van der Waals surface area contributed by atoms with Gasteiger partial charge in [0.15, 0.2) is 5.82 Å². The van der Waals surface area contributed by atoms with E-state index >= 15 is 0 Å². The Morgan fingerprint density at radius 2 is 2.11 bits per heavy atom. The van der Waals surface area contributed by atoms with Gasteiger partial charge < -0.3 is 15.0 Å². The molecular weight excluding hydrogens is 246 g/mol. The molecule has 2 aromatic rings. The van der Waals surface area contributed by atoms with Gasteiger partial charge in [0.2, 0.25) is 0 Å². The maximum atomic E-state index is 6.13. The first-order chi connectivity index (χ1) is 9.13. The van der Waals surface area contributed by atoms with Gasteiger partial charge in [0.05, 0.1) is 12.2 Å². The average Bonchev–Trinajstić information content (AvgIpc) is 2.90. The molecule has 0 fully saturated rings. The van der Waals surface area contributed by atoms with Gasteiger partial charge in [-0.25, -0.2) is 9.97 Å². The number of rotatable bonds is 6. The Hall–Kier alpha value is -1.86. The number of aromatic nitrogens is 4. The van der Waals surface area contributed by atoms with Crippen molar-refractivity contribution >= 4 is 0 Å². The Labute approximate surface area is 111 Å². The normalized spacial score (nSPS) is 14.3. The van der Waals surface area contributed by atoms with Crippen LogP contribution < -0.4 is 5.73 Å². The SMILES string of the molecule is CCCOCC(C)(N)c1noc(-c2cncnc2)n1. The van der Waals surface area contributed by atoms with E-state index in [9.17, 15) is 0 Å². The first-order valence-electron chi connectivity index (χ1n) is 6.09. The molecule has 19 heavy (non-hydrogen) atoms. The van der Waals surface area contributed by atoms with Crippen molar-refractivity contribution in [2.24, 2.45) is 5.73 Å². The van der Waals surface area contributed by atoms with Crippen LogP contribution in [0.1, 0.15) is 26.1 Å². The summed E-state index contributed by atoms with van der Waals surface area (Å²) in [4.78, 5) is 12.1. The summed E-state index contributed by atoms with van der Waals surface area (Å²) in [6, 6.07) is 0.